The van der Waals surface area contributed by atoms with Crippen LogP contribution in [0.15, 0.2) is 34.9 Å². The topological polar surface area (TPSA) is 55.2 Å². The number of benzene rings is 1. The fourth-order valence-electron chi connectivity index (χ4n) is 4.75. The smallest absolute Gasteiger partial charge is 0.227 e. The van der Waals surface area contributed by atoms with Crippen LogP contribution in [0.5, 0.6) is 11.5 Å². The van der Waals surface area contributed by atoms with Crippen molar-refractivity contribution < 1.29 is 18.7 Å². The largest absolute Gasteiger partial charge is 0.493 e. The van der Waals surface area contributed by atoms with Gasteiger partial charge in [0.15, 0.2) is 11.5 Å². The lowest BCUT2D eigenvalue weighted by Gasteiger charge is -2.35. The van der Waals surface area contributed by atoms with Crippen LogP contribution in [0.1, 0.15) is 29.7 Å². The molecule has 4 rings (SSSR count). The van der Waals surface area contributed by atoms with E-state index in [9.17, 15) is 4.79 Å². The summed E-state index contributed by atoms with van der Waals surface area (Å²) in [6, 6.07) is 7.98. The van der Waals surface area contributed by atoms with Crippen LogP contribution in [0.25, 0.3) is 0 Å². The van der Waals surface area contributed by atoms with Gasteiger partial charge in [-0.3, -0.25) is 4.79 Å². The minimum absolute atomic E-state index is 0. The molecule has 1 amide bonds. The van der Waals surface area contributed by atoms with Crippen LogP contribution < -0.4 is 9.47 Å². The number of ether oxygens (including phenoxy) is 2. The molecule has 1 atom stereocenters. The molecule has 0 saturated carbocycles. The third-order valence-electron chi connectivity index (χ3n) is 6.39. The van der Waals surface area contributed by atoms with E-state index < -0.39 is 0 Å². The Labute approximate surface area is 190 Å². The van der Waals surface area contributed by atoms with Crippen molar-refractivity contribution in [1.29, 1.82) is 0 Å². The number of furan rings is 1. The Kier molecular flexibility index (Phi) is 8.27. The van der Waals surface area contributed by atoms with E-state index >= 15 is 0 Å². The first-order chi connectivity index (χ1) is 14.7. The monoisotopic (exact) mass is 448 g/mol. The van der Waals surface area contributed by atoms with Gasteiger partial charge in [-0.15, -0.1) is 12.4 Å². The predicted octanol–water partition coefficient (Wildman–Crippen LogP) is 3.60. The number of piperidine rings is 1. The summed E-state index contributed by atoms with van der Waals surface area (Å²) in [5.74, 6) is 3.22. The van der Waals surface area contributed by atoms with Crippen LogP contribution in [0.3, 0.4) is 0 Å². The van der Waals surface area contributed by atoms with Gasteiger partial charge in [0.25, 0.3) is 0 Å². The standard InChI is InChI=1S/C24H32N2O4.ClH/c1-28-22-13-19-7-11-26(24(27)15-20(19)14-23(22)29-2)17-18-5-3-9-25(16-18)10-8-21-6-4-12-30-21;/h4,6,12-14,18H,3,5,7-11,15-17H2,1-2H3;1H. The number of amides is 1. The third-order valence-corrected chi connectivity index (χ3v) is 6.39. The number of methoxy groups -OCH3 is 2. The summed E-state index contributed by atoms with van der Waals surface area (Å²) >= 11 is 0. The highest BCUT2D eigenvalue weighted by atomic mass is 35.5. The van der Waals surface area contributed by atoms with E-state index in [4.69, 9.17) is 13.9 Å². The van der Waals surface area contributed by atoms with E-state index in [1.165, 1.54) is 18.4 Å². The second kappa shape index (κ2) is 10.9. The molecular weight excluding hydrogens is 416 g/mol. The van der Waals surface area contributed by atoms with Gasteiger partial charge in [-0.05, 0) is 67.1 Å². The zero-order valence-corrected chi connectivity index (χ0v) is 19.3. The average molecular weight is 449 g/mol. The average Bonchev–Trinajstić information content (AvgIpc) is 3.24. The Morgan fingerprint density at radius 3 is 2.61 bits per heavy atom. The Morgan fingerprint density at radius 1 is 1.13 bits per heavy atom. The van der Waals surface area contributed by atoms with Crippen molar-refractivity contribution in [3.8, 4) is 11.5 Å². The molecule has 2 aromatic rings. The molecule has 1 aromatic heterocycles. The zero-order chi connectivity index (χ0) is 20.9. The number of carbonyl (C=O) groups excluding carboxylic acids is 1. The fraction of sp³-hybridized carbons (Fsp3) is 0.542. The van der Waals surface area contributed by atoms with Gasteiger partial charge in [0.1, 0.15) is 5.76 Å². The van der Waals surface area contributed by atoms with Gasteiger partial charge in [-0.2, -0.15) is 0 Å². The highest BCUT2D eigenvalue weighted by molar-refractivity contribution is 5.85. The maximum Gasteiger partial charge on any atom is 0.227 e. The van der Waals surface area contributed by atoms with E-state index in [2.05, 4.69) is 9.80 Å². The van der Waals surface area contributed by atoms with Crippen molar-refractivity contribution in [3.05, 3.63) is 47.4 Å². The Balaban J connectivity index is 0.00000272. The molecule has 3 heterocycles. The van der Waals surface area contributed by atoms with E-state index in [-0.39, 0.29) is 18.3 Å². The summed E-state index contributed by atoms with van der Waals surface area (Å²) in [6.45, 7) is 4.82. The first-order valence-electron chi connectivity index (χ1n) is 10.9. The van der Waals surface area contributed by atoms with Gasteiger partial charge in [-0.1, -0.05) is 0 Å². The lowest BCUT2D eigenvalue weighted by molar-refractivity contribution is -0.131. The molecule has 170 valence electrons. The van der Waals surface area contributed by atoms with Crippen molar-refractivity contribution >= 4 is 18.3 Å². The molecule has 0 N–H and O–H groups in total. The minimum atomic E-state index is 0. The molecular formula is C24H33ClN2O4. The fourth-order valence-corrected chi connectivity index (χ4v) is 4.75. The molecule has 1 saturated heterocycles. The van der Waals surface area contributed by atoms with Gasteiger partial charge in [0.05, 0.1) is 26.9 Å². The highest BCUT2D eigenvalue weighted by Crippen LogP contribution is 2.32. The lowest BCUT2D eigenvalue weighted by Crippen LogP contribution is -2.43. The molecule has 7 heteroatoms. The Morgan fingerprint density at radius 2 is 1.90 bits per heavy atom. The van der Waals surface area contributed by atoms with Crippen molar-refractivity contribution in [3.63, 3.8) is 0 Å². The molecule has 0 radical (unpaired) electrons. The maximum absolute atomic E-state index is 13.0. The van der Waals surface area contributed by atoms with E-state index in [0.717, 1.165) is 62.6 Å². The number of rotatable bonds is 7. The number of halogens is 1. The Bertz CT molecular complexity index is 856. The van der Waals surface area contributed by atoms with Crippen molar-refractivity contribution in [1.82, 2.24) is 9.80 Å². The van der Waals surface area contributed by atoms with Crippen LogP contribution in [-0.2, 0) is 24.1 Å². The molecule has 1 fully saturated rings. The molecule has 31 heavy (non-hydrogen) atoms. The van der Waals surface area contributed by atoms with Crippen LogP contribution >= 0.6 is 12.4 Å². The number of fused-ring (bicyclic) bond motifs is 1. The first kappa shape index (κ1) is 23.5. The second-order valence-corrected chi connectivity index (χ2v) is 8.38. The SMILES string of the molecule is COc1cc2c(cc1OC)CC(=O)N(CC1CCCN(CCc3ccco3)C1)CC2.Cl. The molecule has 2 aliphatic heterocycles. The van der Waals surface area contributed by atoms with Gasteiger partial charge in [0, 0.05) is 32.6 Å². The second-order valence-electron chi connectivity index (χ2n) is 8.38. The van der Waals surface area contributed by atoms with E-state index in [1.54, 1.807) is 20.5 Å². The zero-order valence-electron chi connectivity index (χ0n) is 18.5. The summed E-state index contributed by atoms with van der Waals surface area (Å²) in [7, 11) is 3.29. The van der Waals surface area contributed by atoms with Gasteiger partial charge >= 0.3 is 0 Å². The molecule has 6 nitrogen and oxygen atoms in total. The molecule has 2 aliphatic rings. The molecule has 0 spiro atoms. The van der Waals surface area contributed by atoms with Gasteiger partial charge in [0.2, 0.25) is 5.91 Å². The van der Waals surface area contributed by atoms with E-state index in [1.807, 2.05) is 24.3 Å². The maximum atomic E-state index is 13.0. The summed E-state index contributed by atoms with van der Waals surface area (Å²) in [6.07, 6.45) is 6.36. The normalized spacial score (nSPS) is 19.4. The quantitative estimate of drug-likeness (QED) is 0.647. The van der Waals surface area contributed by atoms with Gasteiger partial charge in [-0.25, -0.2) is 0 Å². The summed E-state index contributed by atoms with van der Waals surface area (Å²) in [5, 5.41) is 0. The number of likely N-dealkylation sites (tertiary alicyclic amines) is 1. The number of carbonyl (C=O) groups is 1. The van der Waals surface area contributed by atoms with Crippen LogP contribution in [0.4, 0.5) is 0 Å². The number of nitrogens with zero attached hydrogens (tertiary/aromatic N) is 2. The molecule has 0 bridgehead atoms. The van der Waals surface area contributed by atoms with Crippen molar-refractivity contribution in [2.24, 2.45) is 5.92 Å². The Hall–Kier alpha value is -2.18. The van der Waals surface area contributed by atoms with Gasteiger partial charge < -0.3 is 23.7 Å². The molecule has 1 unspecified atom stereocenters. The van der Waals surface area contributed by atoms with Crippen LogP contribution in [-0.4, -0.2) is 62.7 Å². The van der Waals surface area contributed by atoms with Crippen LogP contribution in [0.2, 0.25) is 0 Å². The first-order valence-corrected chi connectivity index (χ1v) is 10.9. The number of hydrogen-bond acceptors (Lipinski definition) is 5. The third kappa shape index (κ3) is 5.74. The predicted molar refractivity (Wildman–Crippen MR) is 122 cm³/mol. The molecule has 1 aromatic carbocycles. The lowest BCUT2D eigenvalue weighted by atomic mass is 9.97. The summed E-state index contributed by atoms with van der Waals surface area (Å²) in [4.78, 5) is 17.6. The summed E-state index contributed by atoms with van der Waals surface area (Å²) < 4.78 is 16.3. The van der Waals surface area contributed by atoms with Crippen LogP contribution in [0, 0.1) is 5.92 Å². The summed E-state index contributed by atoms with van der Waals surface area (Å²) in [5.41, 5.74) is 2.25. The van der Waals surface area contributed by atoms with Crippen molar-refractivity contribution in [2.75, 3.05) is 46.9 Å². The number of hydrogen-bond donors (Lipinski definition) is 0. The molecule has 0 aliphatic carbocycles. The minimum Gasteiger partial charge on any atom is -0.493 e. The van der Waals surface area contributed by atoms with Crippen molar-refractivity contribution in [2.45, 2.75) is 32.1 Å². The highest BCUT2D eigenvalue weighted by Gasteiger charge is 2.27. The van der Waals surface area contributed by atoms with E-state index in [0.29, 0.717) is 18.1 Å².